The Kier molecular flexibility index (Phi) is 5.19. The fourth-order valence-corrected chi connectivity index (χ4v) is 9.36. The monoisotopic (exact) mass is 487 g/mol. The van der Waals surface area contributed by atoms with Crippen molar-refractivity contribution in [2.45, 2.75) is 64.4 Å². The normalized spacial score (nSPS) is 37.3. The molecular weight excluding hydrogens is 450 g/mol. The van der Waals surface area contributed by atoms with Gasteiger partial charge in [0.15, 0.2) is 5.13 Å². The second-order valence-corrected chi connectivity index (χ2v) is 13.0. The Morgan fingerprint density at radius 2 is 1.86 bits per heavy atom. The largest absolute Gasteiger partial charge is 0.378 e. The van der Waals surface area contributed by atoms with Gasteiger partial charge in [0.2, 0.25) is 0 Å². The van der Waals surface area contributed by atoms with Crippen LogP contribution in [0.1, 0.15) is 62.9 Å². The third-order valence-corrected chi connectivity index (χ3v) is 11.4. The van der Waals surface area contributed by atoms with E-state index < -0.39 is 5.60 Å². The summed E-state index contributed by atoms with van der Waals surface area (Å²) >= 11 is 1.82. The smallest absolute Gasteiger partial charge is 0.187 e. The third kappa shape index (κ3) is 3.26. The van der Waals surface area contributed by atoms with Crippen molar-refractivity contribution in [1.29, 1.82) is 0 Å². The molecule has 1 aromatic heterocycles. The molecule has 4 aliphatic carbocycles. The van der Waals surface area contributed by atoms with Crippen molar-refractivity contribution in [3.8, 4) is 12.3 Å². The molecule has 1 heterocycles. The molecule has 1 aromatic carbocycles. The summed E-state index contributed by atoms with van der Waals surface area (Å²) in [5, 5.41) is 15.8. The first-order chi connectivity index (χ1) is 16.7. The topological polar surface area (TPSA) is 48.4 Å². The Morgan fingerprint density at radius 3 is 2.57 bits per heavy atom. The van der Waals surface area contributed by atoms with Crippen molar-refractivity contribution in [2.75, 3.05) is 24.3 Å². The molecule has 0 spiro atoms. The molecule has 0 amide bonds. The van der Waals surface area contributed by atoms with Gasteiger partial charge in [0.05, 0.1) is 10.6 Å². The van der Waals surface area contributed by atoms with Crippen LogP contribution in [-0.2, 0) is 6.42 Å². The molecular formula is C30H37N3OS. The number of hydrogen-bond acceptors (Lipinski definition) is 5. The summed E-state index contributed by atoms with van der Waals surface area (Å²) in [6.07, 6.45) is 15.7. The molecule has 4 aliphatic rings. The molecule has 2 aromatic rings. The molecule has 0 saturated heterocycles. The molecule has 0 bridgehead atoms. The Balaban J connectivity index is 1.29. The first kappa shape index (κ1) is 23.1. The van der Waals surface area contributed by atoms with Crippen molar-refractivity contribution in [1.82, 2.24) is 4.98 Å². The second-order valence-electron chi connectivity index (χ2n) is 12.0. The number of hydrogen-bond donors (Lipinski definition) is 2. The van der Waals surface area contributed by atoms with Gasteiger partial charge in [0.1, 0.15) is 5.60 Å². The number of terminal acetylenes is 1. The zero-order chi connectivity index (χ0) is 24.6. The molecule has 35 heavy (non-hydrogen) atoms. The van der Waals surface area contributed by atoms with Crippen LogP contribution in [-0.4, -0.2) is 29.8 Å². The predicted molar refractivity (Wildman–Crippen MR) is 146 cm³/mol. The maximum Gasteiger partial charge on any atom is 0.187 e. The molecule has 4 nitrogen and oxygen atoms in total. The molecule has 6 atom stereocenters. The van der Waals surface area contributed by atoms with E-state index in [4.69, 9.17) is 11.4 Å². The van der Waals surface area contributed by atoms with Crippen LogP contribution in [0.2, 0.25) is 0 Å². The lowest BCUT2D eigenvalue weighted by Gasteiger charge is -2.57. The van der Waals surface area contributed by atoms with Gasteiger partial charge in [-0.05, 0) is 98.0 Å². The molecule has 2 saturated carbocycles. The van der Waals surface area contributed by atoms with Crippen LogP contribution in [0, 0.1) is 40.9 Å². The number of benzene rings is 1. The van der Waals surface area contributed by atoms with E-state index in [9.17, 15) is 5.11 Å². The predicted octanol–water partition coefficient (Wildman–Crippen LogP) is 6.50. The van der Waals surface area contributed by atoms with E-state index in [1.807, 2.05) is 11.3 Å². The number of thiazole rings is 1. The first-order valence-corrected chi connectivity index (χ1v) is 14.0. The minimum Gasteiger partial charge on any atom is -0.378 e. The number of aryl methyl sites for hydroxylation is 1. The zero-order valence-electron chi connectivity index (χ0n) is 21.4. The van der Waals surface area contributed by atoms with E-state index in [1.165, 1.54) is 21.8 Å². The van der Waals surface area contributed by atoms with E-state index in [-0.39, 0.29) is 10.8 Å². The van der Waals surface area contributed by atoms with Crippen LogP contribution in [0.5, 0.6) is 0 Å². The minimum atomic E-state index is -0.934. The van der Waals surface area contributed by atoms with E-state index in [0.717, 1.165) is 55.8 Å². The van der Waals surface area contributed by atoms with Crippen molar-refractivity contribution >= 4 is 33.4 Å². The highest BCUT2D eigenvalue weighted by atomic mass is 32.1. The Bertz CT molecular complexity index is 1220. The number of aromatic nitrogens is 1. The third-order valence-electron chi connectivity index (χ3n) is 10.3. The number of aliphatic hydroxyl groups is 1. The molecule has 2 N–H and O–H groups in total. The van der Waals surface area contributed by atoms with Crippen molar-refractivity contribution < 1.29 is 5.11 Å². The van der Waals surface area contributed by atoms with Gasteiger partial charge >= 0.3 is 0 Å². The van der Waals surface area contributed by atoms with E-state index >= 15 is 0 Å². The summed E-state index contributed by atoms with van der Waals surface area (Å²) < 4.78 is 0. The Morgan fingerprint density at radius 1 is 1.11 bits per heavy atom. The number of nitrogens with one attached hydrogen (secondary N) is 1. The van der Waals surface area contributed by atoms with Gasteiger partial charge in [-0.2, -0.15) is 0 Å². The van der Waals surface area contributed by atoms with Gasteiger partial charge in [-0.25, -0.2) is 4.98 Å². The van der Waals surface area contributed by atoms with Crippen LogP contribution in [0.4, 0.5) is 16.5 Å². The second kappa shape index (κ2) is 7.85. The first-order valence-electron chi connectivity index (χ1n) is 13.1. The number of allylic oxidation sites excluding steroid dienone is 2. The van der Waals surface area contributed by atoms with Gasteiger partial charge < -0.3 is 15.3 Å². The molecule has 184 valence electrons. The highest BCUT2D eigenvalue weighted by Crippen LogP contribution is 2.68. The number of nitrogens with zero attached hydrogens (tertiary/aromatic N) is 2. The SMILES string of the molecule is C#C[C@]1(O)CC[C@H]2[C@@H]3CC=C4c5sc(Nc6ccc(N(C)C)cc6)nc5CC[C@]4(C)[C@H]3CC[C@@]21C. The van der Waals surface area contributed by atoms with Gasteiger partial charge in [-0.3, -0.25) is 0 Å². The summed E-state index contributed by atoms with van der Waals surface area (Å²) in [4.78, 5) is 8.53. The summed E-state index contributed by atoms with van der Waals surface area (Å²) in [5.41, 5.74) is 4.17. The van der Waals surface area contributed by atoms with Crippen molar-refractivity contribution in [2.24, 2.45) is 28.6 Å². The minimum absolute atomic E-state index is 0.145. The summed E-state index contributed by atoms with van der Waals surface area (Å²) in [5.74, 6) is 4.60. The maximum absolute atomic E-state index is 11.3. The van der Waals surface area contributed by atoms with E-state index in [2.05, 4.69) is 74.4 Å². The zero-order valence-corrected chi connectivity index (χ0v) is 22.2. The fraction of sp³-hybridized carbons (Fsp3) is 0.567. The Hall–Kier alpha value is -2.29. The molecule has 6 rings (SSSR count). The fourth-order valence-electron chi connectivity index (χ4n) is 8.15. The van der Waals surface area contributed by atoms with Gasteiger partial charge in [-0.1, -0.05) is 37.2 Å². The average molecular weight is 488 g/mol. The molecule has 0 unspecified atom stereocenters. The number of fused-ring (bicyclic) bond motifs is 7. The molecule has 0 aliphatic heterocycles. The number of anilines is 3. The van der Waals surface area contributed by atoms with Crippen LogP contribution in [0.25, 0.3) is 5.57 Å². The quantitative estimate of drug-likeness (QED) is 0.485. The lowest BCUT2D eigenvalue weighted by molar-refractivity contribution is -0.0886. The lowest BCUT2D eigenvalue weighted by Crippen LogP contribution is -2.53. The molecule has 2 fully saturated rings. The molecule has 5 heteroatoms. The summed E-state index contributed by atoms with van der Waals surface area (Å²) in [6.45, 7) is 4.78. The number of rotatable bonds is 3. The van der Waals surface area contributed by atoms with Crippen LogP contribution < -0.4 is 10.2 Å². The van der Waals surface area contributed by atoms with Gasteiger partial charge in [-0.15, -0.1) is 6.42 Å². The molecule has 0 radical (unpaired) electrons. The van der Waals surface area contributed by atoms with Crippen molar-refractivity contribution in [3.05, 3.63) is 40.9 Å². The van der Waals surface area contributed by atoms with Gasteiger partial charge in [0, 0.05) is 30.9 Å². The highest BCUT2D eigenvalue weighted by Gasteiger charge is 2.63. The summed E-state index contributed by atoms with van der Waals surface area (Å²) in [6, 6.07) is 8.53. The summed E-state index contributed by atoms with van der Waals surface area (Å²) in [7, 11) is 4.12. The van der Waals surface area contributed by atoms with Gasteiger partial charge in [0.25, 0.3) is 0 Å². The average Bonchev–Trinajstić information content (AvgIpc) is 3.37. The van der Waals surface area contributed by atoms with Crippen LogP contribution >= 0.6 is 11.3 Å². The maximum atomic E-state index is 11.3. The lowest BCUT2D eigenvalue weighted by atomic mass is 9.47. The van der Waals surface area contributed by atoms with Crippen molar-refractivity contribution in [3.63, 3.8) is 0 Å². The Labute approximate surface area is 213 Å². The van der Waals surface area contributed by atoms with E-state index in [1.54, 1.807) is 0 Å². The van der Waals surface area contributed by atoms with Crippen LogP contribution in [0.3, 0.4) is 0 Å². The van der Waals surface area contributed by atoms with Crippen LogP contribution in [0.15, 0.2) is 30.3 Å². The highest BCUT2D eigenvalue weighted by molar-refractivity contribution is 7.16. The standard InChI is InChI=1S/C30H37N3OS/c1-6-30(34)18-14-23-21-11-12-24-26-25(15-16-28(24,2)22(21)13-17-29(23,30)3)32-27(35-26)31-19-7-9-20(10-8-19)33(4)5/h1,7-10,12,21-23,34H,11,13-18H2,2-5H3,(H,31,32)/t21-,22+,23+,28-,29+,30+/m1/s1. The van der Waals surface area contributed by atoms with E-state index in [0.29, 0.717) is 17.8 Å².